The molecule has 0 spiro atoms. The van der Waals surface area contributed by atoms with Crippen molar-refractivity contribution in [3.63, 3.8) is 0 Å². The van der Waals surface area contributed by atoms with Crippen molar-refractivity contribution in [1.82, 2.24) is 4.90 Å². The normalized spacial score (nSPS) is 20.2. The molecule has 1 atom stereocenters. The number of halogens is 1. The minimum absolute atomic E-state index is 0.248. The van der Waals surface area contributed by atoms with Crippen molar-refractivity contribution in [2.75, 3.05) is 25.1 Å². The lowest BCUT2D eigenvalue weighted by atomic mass is 10.1. The molecule has 1 saturated carbocycles. The predicted octanol–water partition coefficient (Wildman–Crippen LogP) is 4.46. The van der Waals surface area contributed by atoms with Gasteiger partial charge in [-0.25, -0.2) is 9.18 Å². The number of hydrogen-bond donors (Lipinski definition) is 1. The molecule has 2 aliphatic rings. The van der Waals surface area contributed by atoms with Crippen LogP contribution in [-0.4, -0.2) is 30.7 Å². The van der Waals surface area contributed by atoms with Gasteiger partial charge in [0.2, 0.25) is 0 Å². The Bertz CT molecular complexity index is 800. The third-order valence-corrected chi connectivity index (χ3v) is 5.02. The largest absolute Gasteiger partial charge is 0.464 e. The van der Waals surface area contributed by atoms with E-state index < -0.39 is 0 Å². The first-order valence-electron chi connectivity index (χ1n) is 9.19. The first-order chi connectivity index (χ1) is 12.7. The van der Waals surface area contributed by atoms with Crippen LogP contribution in [0.15, 0.2) is 34.7 Å². The summed E-state index contributed by atoms with van der Waals surface area (Å²) < 4.78 is 25.6. The fraction of sp³-hybridized carbons (Fsp3) is 0.450. The monoisotopic (exact) mass is 358 g/mol. The minimum atomic E-state index is -0.278. The van der Waals surface area contributed by atoms with Crippen LogP contribution in [-0.2, 0) is 11.2 Å². The maximum absolute atomic E-state index is 14.2. The number of ether oxygens (including phenoxy) is 1. The molecule has 6 heteroatoms. The number of nitrogens with zero attached hydrogens (tertiary/aromatic N) is 1. The number of urea groups is 1. The summed E-state index contributed by atoms with van der Waals surface area (Å²) in [5.41, 5.74) is 1.21. The maximum atomic E-state index is 14.2. The second-order valence-corrected chi connectivity index (χ2v) is 6.88. The molecule has 0 bridgehead atoms. The van der Waals surface area contributed by atoms with Crippen LogP contribution < -0.4 is 5.32 Å². The third-order valence-electron chi connectivity index (χ3n) is 5.02. The van der Waals surface area contributed by atoms with Gasteiger partial charge in [-0.05, 0) is 48.6 Å². The van der Waals surface area contributed by atoms with E-state index in [1.807, 2.05) is 19.1 Å². The zero-order valence-electron chi connectivity index (χ0n) is 14.8. The number of aryl methyl sites for hydroxylation is 1. The molecule has 26 heavy (non-hydrogen) atoms. The van der Waals surface area contributed by atoms with Gasteiger partial charge in [-0.3, -0.25) is 0 Å². The maximum Gasteiger partial charge on any atom is 0.322 e. The number of carbonyl (C=O) groups excluding carboxylic acids is 1. The van der Waals surface area contributed by atoms with Crippen molar-refractivity contribution in [2.45, 2.75) is 38.1 Å². The van der Waals surface area contributed by atoms with Crippen LogP contribution in [0.4, 0.5) is 14.9 Å². The molecule has 1 aromatic heterocycles. The fourth-order valence-corrected chi connectivity index (χ4v) is 3.37. The van der Waals surface area contributed by atoms with Gasteiger partial charge in [0.15, 0.2) is 0 Å². The second-order valence-electron chi connectivity index (χ2n) is 6.88. The molecule has 5 nitrogen and oxygen atoms in total. The van der Waals surface area contributed by atoms with E-state index in [2.05, 4.69) is 5.32 Å². The summed E-state index contributed by atoms with van der Waals surface area (Å²) in [7, 11) is 0. The fourth-order valence-electron chi connectivity index (χ4n) is 3.37. The van der Waals surface area contributed by atoms with E-state index in [-0.39, 0.29) is 17.9 Å². The number of nitrogens with one attached hydrogen (secondary N) is 1. The highest BCUT2D eigenvalue weighted by atomic mass is 19.1. The third kappa shape index (κ3) is 3.46. The number of morpholine rings is 1. The summed E-state index contributed by atoms with van der Waals surface area (Å²) in [6, 6.07) is 8.22. The summed E-state index contributed by atoms with van der Waals surface area (Å²) in [4.78, 5) is 14.5. The standard InChI is InChI=1S/C20H23FN2O3/c1-2-15-6-8-19(26-15)18-12-25-10-9-23(18)20(24)22-14-5-7-16(13-3-4-13)17(21)11-14/h5-8,11,13,18H,2-4,9-10,12H2,1H3,(H,22,24). The van der Waals surface area contributed by atoms with E-state index in [0.717, 1.165) is 30.6 Å². The van der Waals surface area contributed by atoms with Crippen molar-refractivity contribution in [2.24, 2.45) is 0 Å². The first-order valence-corrected chi connectivity index (χ1v) is 9.19. The van der Waals surface area contributed by atoms with Crippen molar-refractivity contribution >= 4 is 11.7 Å². The number of furan rings is 1. The summed E-state index contributed by atoms with van der Waals surface area (Å²) in [5, 5.41) is 2.81. The van der Waals surface area contributed by atoms with E-state index in [9.17, 15) is 9.18 Å². The van der Waals surface area contributed by atoms with Crippen molar-refractivity contribution < 1.29 is 18.3 Å². The van der Waals surface area contributed by atoms with Crippen LogP contribution in [0.1, 0.15) is 48.8 Å². The van der Waals surface area contributed by atoms with Gasteiger partial charge in [-0.2, -0.15) is 0 Å². The van der Waals surface area contributed by atoms with Crippen LogP contribution >= 0.6 is 0 Å². The molecule has 1 saturated heterocycles. The van der Waals surface area contributed by atoms with Crippen LogP contribution in [0.2, 0.25) is 0 Å². The number of hydrogen-bond acceptors (Lipinski definition) is 3. The predicted molar refractivity (Wildman–Crippen MR) is 95.7 cm³/mol. The molecule has 1 aliphatic carbocycles. The summed E-state index contributed by atoms with van der Waals surface area (Å²) in [5.74, 6) is 1.69. The summed E-state index contributed by atoms with van der Waals surface area (Å²) >= 11 is 0. The minimum Gasteiger partial charge on any atom is -0.464 e. The SMILES string of the molecule is CCc1ccc(C2COCCN2C(=O)Nc2ccc(C3CC3)c(F)c2)o1. The van der Waals surface area contributed by atoms with Gasteiger partial charge in [-0.1, -0.05) is 13.0 Å². The van der Waals surface area contributed by atoms with Gasteiger partial charge in [0.1, 0.15) is 23.4 Å². The Balaban J connectivity index is 1.49. The molecule has 2 fully saturated rings. The Labute approximate surface area is 152 Å². The van der Waals surface area contributed by atoms with Gasteiger partial charge in [-0.15, -0.1) is 0 Å². The second kappa shape index (κ2) is 7.11. The zero-order chi connectivity index (χ0) is 18.1. The number of carbonyl (C=O) groups is 1. The molecule has 1 aliphatic heterocycles. The molecule has 4 rings (SSSR count). The molecule has 2 heterocycles. The Morgan fingerprint density at radius 3 is 2.85 bits per heavy atom. The highest BCUT2D eigenvalue weighted by Gasteiger charge is 2.31. The number of anilines is 1. The highest BCUT2D eigenvalue weighted by molar-refractivity contribution is 5.89. The lowest BCUT2D eigenvalue weighted by molar-refractivity contribution is 0.00701. The van der Waals surface area contributed by atoms with E-state index in [1.165, 1.54) is 6.07 Å². The molecule has 2 amide bonds. The number of rotatable bonds is 4. The molecule has 1 unspecified atom stereocenters. The molecule has 138 valence electrons. The lowest BCUT2D eigenvalue weighted by Gasteiger charge is -2.34. The van der Waals surface area contributed by atoms with Crippen LogP contribution in [0.3, 0.4) is 0 Å². The number of amides is 2. The molecule has 1 aromatic carbocycles. The van der Waals surface area contributed by atoms with E-state index in [1.54, 1.807) is 17.0 Å². The van der Waals surface area contributed by atoms with Crippen molar-refractivity contribution in [1.29, 1.82) is 0 Å². The van der Waals surface area contributed by atoms with Crippen LogP contribution in [0.5, 0.6) is 0 Å². The molecule has 0 radical (unpaired) electrons. The van der Waals surface area contributed by atoms with Gasteiger partial charge in [0.25, 0.3) is 0 Å². The van der Waals surface area contributed by atoms with E-state index >= 15 is 0 Å². The van der Waals surface area contributed by atoms with E-state index in [4.69, 9.17) is 9.15 Å². The molecule has 1 N–H and O–H groups in total. The average Bonchev–Trinajstić information content (AvgIpc) is 3.38. The quantitative estimate of drug-likeness (QED) is 0.878. The smallest absolute Gasteiger partial charge is 0.322 e. The van der Waals surface area contributed by atoms with Crippen molar-refractivity contribution in [3.05, 3.63) is 53.2 Å². The Hall–Kier alpha value is -2.34. The van der Waals surface area contributed by atoms with Gasteiger partial charge >= 0.3 is 6.03 Å². The zero-order valence-corrected chi connectivity index (χ0v) is 14.8. The van der Waals surface area contributed by atoms with Gasteiger partial charge < -0.3 is 19.4 Å². The van der Waals surface area contributed by atoms with Gasteiger partial charge in [0.05, 0.1) is 13.2 Å². The highest BCUT2D eigenvalue weighted by Crippen LogP contribution is 2.41. The molecule has 2 aromatic rings. The number of benzene rings is 1. The van der Waals surface area contributed by atoms with Crippen LogP contribution in [0, 0.1) is 5.82 Å². The molecular weight excluding hydrogens is 335 g/mol. The Morgan fingerprint density at radius 1 is 1.31 bits per heavy atom. The van der Waals surface area contributed by atoms with Crippen molar-refractivity contribution in [3.8, 4) is 0 Å². The molecular formula is C20H23FN2O3. The topological polar surface area (TPSA) is 54.7 Å². The van der Waals surface area contributed by atoms with Gasteiger partial charge in [0, 0.05) is 18.7 Å². The van der Waals surface area contributed by atoms with E-state index in [0.29, 0.717) is 37.1 Å². The lowest BCUT2D eigenvalue weighted by Crippen LogP contribution is -2.45. The average molecular weight is 358 g/mol. The Kier molecular flexibility index (Phi) is 4.68. The summed E-state index contributed by atoms with van der Waals surface area (Å²) in [6.07, 6.45) is 2.88. The first kappa shape index (κ1) is 17.1. The van der Waals surface area contributed by atoms with Crippen LogP contribution in [0.25, 0.3) is 0 Å². The Morgan fingerprint density at radius 2 is 2.15 bits per heavy atom. The summed E-state index contributed by atoms with van der Waals surface area (Å²) in [6.45, 7) is 3.34.